The predicted molar refractivity (Wildman–Crippen MR) is 116 cm³/mol. The molecule has 1 fully saturated rings. The van der Waals surface area contributed by atoms with E-state index in [0.29, 0.717) is 23.3 Å². The number of nitrogens with one attached hydrogen (secondary N) is 1. The first kappa shape index (κ1) is 21.8. The fourth-order valence-electron chi connectivity index (χ4n) is 3.67. The van der Waals surface area contributed by atoms with Crippen molar-refractivity contribution in [2.75, 3.05) is 39.3 Å². The van der Waals surface area contributed by atoms with Gasteiger partial charge in [0.25, 0.3) is 0 Å². The van der Waals surface area contributed by atoms with Gasteiger partial charge in [0.05, 0.1) is 5.69 Å². The van der Waals surface area contributed by atoms with Gasteiger partial charge in [0.2, 0.25) is 11.8 Å². The number of amides is 1. The highest BCUT2D eigenvalue weighted by Crippen LogP contribution is 2.26. The Bertz CT molecular complexity index is 796. The molecule has 0 aliphatic carbocycles. The standard InChI is InChI=1S/C22H31ClN4O2/c1-4-26(5-2)11-10-24-21(28)12-17-13-27(14-17)15-20-16(3)29-22(25-20)18-6-8-19(23)9-7-18/h6-9,17H,4-5,10-15H2,1-3H3,(H,24,28). The van der Waals surface area contributed by atoms with Gasteiger partial charge in [0, 0.05) is 49.7 Å². The molecule has 1 saturated heterocycles. The highest BCUT2D eigenvalue weighted by atomic mass is 35.5. The number of likely N-dealkylation sites (tertiary alicyclic amines) is 1. The lowest BCUT2D eigenvalue weighted by atomic mass is 9.95. The first-order valence-electron chi connectivity index (χ1n) is 10.4. The summed E-state index contributed by atoms with van der Waals surface area (Å²) in [6.45, 7) is 12.5. The van der Waals surface area contributed by atoms with Crippen molar-refractivity contribution in [1.82, 2.24) is 20.1 Å². The third-order valence-electron chi connectivity index (χ3n) is 5.51. The second-order valence-electron chi connectivity index (χ2n) is 7.67. The van der Waals surface area contributed by atoms with Gasteiger partial charge in [-0.05, 0) is 50.2 Å². The number of aryl methyl sites for hydroxylation is 1. The van der Waals surface area contributed by atoms with Crippen molar-refractivity contribution in [2.24, 2.45) is 5.92 Å². The summed E-state index contributed by atoms with van der Waals surface area (Å²) in [5, 5.41) is 3.74. The molecule has 1 aliphatic rings. The highest BCUT2D eigenvalue weighted by Gasteiger charge is 2.29. The molecule has 0 radical (unpaired) electrons. The van der Waals surface area contributed by atoms with Crippen molar-refractivity contribution in [1.29, 1.82) is 0 Å². The molecule has 1 amide bonds. The Morgan fingerprint density at radius 3 is 2.62 bits per heavy atom. The van der Waals surface area contributed by atoms with Crippen LogP contribution in [0.1, 0.15) is 31.7 Å². The number of carbonyl (C=O) groups excluding carboxylic acids is 1. The molecular formula is C22H31ClN4O2. The Labute approximate surface area is 178 Å². The molecule has 0 saturated carbocycles. The van der Waals surface area contributed by atoms with Crippen LogP contribution in [0.3, 0.4) is 0 Å². The van der Waals surface area contributed by atoms with Gasteiger partial charge < -0.3 is 14.6 Å². The van der Waals surface area contributed by atoms with Gasteiger partial charge in [-0.15, -0.1) is 0 Å². The monoisotopic (exact) mass is 418 g/mol. The predicted octanol–water partition coefficient (Wildman–Crippen LogP) is 3.58. The molecule has 1 N–H and O–H groups in total. The first-order valence-corrected chi connectivity index (χ1v) is 10.8. The van der Waals surface area contributed by atoms with Crippen LogP contribution in [-0.4, -0.2) is 60.0 Å². The van der Waals surface area contributed by atoms with Crippen molar-refractivity contribution in [3.63, 3.8) is 0 Å². The molecule has 29 heavy (non-hydrogen) atoms. The molecule has 0 spiro atoms. The molecule has 6 nitrogen and oxygen atoms in total. The van der Waals surface area contributed by atoms with E-state index < -0.39 is 0 Å². The largest absolute Gasteiger partial charge is 0.441 e. The fraction of sp³-hybridized carbons (Fsp3) is 0.545. The van der Waals surface area contributed by atoms with Crippen LogP contribution in [0.25, 0.3) is 11.5 Å². The normalized spacial score (nSPS) is 14.9. The van der Waals surface area contributed by atoms with Gasteiger partial charge in [-0.1, -0.05) is 25.4 Å². The fourth-order valence-corrected chi connectivity index (χ4v) is 3.79. The van der Waals surface area contributed by atoms with Crippen LogP contribution in [0.5, 0.6) is 0 Å². The van der Waals surface area contributed by atoms with Crippen LogP contribution in [0.4, 0.5) is 0 Å². The zero-order valence-electron chi connectivity index (χ0n) is 17.6. The Balaban J connectivity index is 1.40. The zero-order chi connectivity index (χ0) is 20.8. The second-order valence-corrected chi connectivity index (χ2v) is 8.11. The molecule has 158 valence electrons. The van der Waals surface area contributed by atoms with Crippen LogP contribution in [0.2, 0.25) is 5.02 Å². The number of rotatable bonds is 10. The average molecular weight is 419 g/mol. The number of likely N-dealkylation sites (N-methyl/N-ethyl adjacent to an activating group) is 1. The maximum Gasteiger partial charge on any atom is 0.226 e. The lowest BCUT2D eigenvalue weighted by molar-refractivity contribution is -0.123. The smallest absolute Gasteiger partial charge is 0.226 e. The van der Waals surface area contributed by atoms with Gasteiger partial charge >= 0.3 is 0 Å². The average Bonchev–Trinajstić information content (AvgIpc) is 3.04. The molecule has 0 unspecified atom stereocenters. The summed E-state index contributed by atoms with van der Waals surface area (Å²) >= 11 is 5.95. The van der Waals surface area contributed by atoms with Crippen molar-refractivity contribution in [3.05, 3.63) is 40.7 Å². The minimum Gasteiger partial charge on any atom is -0.441 e. The number of nitrogens with zero attached hydrogens (tertiary/aromatic N) is 3. The van der Waals surface area contributed by atoms with E-state index in [0.717, 1.165) is 62.8 Å². The SMILES string of the molecule is CCN(CC)CCNC(=O)CC1CN(Cc2nc(-c3ccc(Cl)cc3)oc2C)C1. The number of oxazole rings is 1. The van der Waals surface area contributed by atoms with Crippen LogP contribution in [0.15, 0.2) is 28.7 Å². The lowest BCUT2D eigenvalue weighted by Crippen LogP contribution is -2.48. The van der Waals surface area contributed by atoms with Crippen molar-refractivity contribution < 1.29 is 9.21 Å². The van der Waals surface area contributed by atoms with E-state index in [1.807, 2.05) is 31.2 Å². The van der Waals surface area contributed by atoms with Crippen molar-refractivity contribution in [3.8, 4) is 11.5 Å². The lowest BCUT2D eigenvalue weighted by Gasteiger charge is -2.38. The maximum atomic E-state index is 12.1. The molecule has 2 heterocycles. The van der Waals surface area contributed by atoms with Gasteiger partial charge in [-0.3, -0.25) is 9.69 Å². The minimum absolute atomic E-state index is 0.157. The van der Waals surface area contributed by atoms with Gasteiger partial charge in [0.1, 0.15) is 5.76 Å². The number of aromatic nitrogens is 1. The topological polar surface area (TPSA) is 61.6 Å². The Kier molecular flexibility index (Phi) is 7.70. The molecule has 1 aromatic carbocycles. The van der Waals surface area contributed by atoms with Crippen molar-refractivity contribution in [2.45, 2.75) is 33.7 Å². The highest BCUT2D eigenvalue weighted by molar-refractivity contribution is 6.30. The Morgan fingerprint density at radius 1 is 1.28 bits per heavy atom. The number of carbonyl (C=O) groups is 1. The summed E-state index contributed by atoms with van der Waals surface area (Å²) in [4.78, 5) is 21.4. The molecule has 3 rings (SSSR count). The number of benzene rings is 1. The zero-order valence-corrected chi connectivity index (χ0v) is 18.3. The third kappa shape index (κ3) is 6.04. The van der Waals surface area contributed by atoms with E-state index >= 15 is 0 Å². The quantitative estimate of drug-likeness (QED) is 0.639. The van der Waals surface area contributed by atoms with Crippen LogP contribution in [-0.2, 0) is 11.3 Å². The van der Waals surface area contributed by atoms with Crippen LogP contribution >= 0.6 is 11.6 Å². The second kappa shape index (κ2) is 10.2. The van der Waals surface area contributed by atoms with Crippen LogP contribution in [0, 0.1) is 12.8 Å². The molecule has 0 atom stereocenters. The summed E-state index contributed by atoms with van der Waals surface area (Å²) in [5.41, 5.74) is 1.88. The molecular weight excluding hydrogens is 388 g/mol. The summed E-state index contributed by atoms with van der Waals surface area (Å²) in [6, 6.07) is 7.50. The maximum absolute atomic E-state index is 12.1. The van der Waals surface area contributed by atoms with E-state index in [1.165, 1.54) is 0 Å². The molecule has 1 aliphatic heterocycles. The molecule has 1 aromatic heterocycles. The molecule has 2 aromatic rings. The summed E-state index contributed by atoms with van der Waals surface area (Å²) in [6.07, 6.45) is 0.600. The van der Waals surface area contributed by atoms with Crippen LogP contribution < -0.4 is 5.32 Å². The van der Waals surface area contributed by atoms with E-state index in [2.05, 4.69) is 33.9 Å². The van der Waals surface area contributed by atoms with E-state index in [9.17, 15) is 4.79 Å². The van der Waals surface area contributed by atoms with E-state index in [1.54, 1.807) is 0 Å². The summed E-state index contributed by atoms with van der Waals surface area (Å²) in [7, 11) is 0. The first-order chi connectivity index (χ1) is 14.0. The third-order valence-corrected chi connectivity index (χ3v) is 5.76. The van der Waals surface area contributed by atoms with Crippen molar-refractivity contribution >= 4 is 17.5 Å². The molecule has 0 bridgehead atoms. The van der Waals surface area contributed by atoms with Gasteiger partial charge in [-0.25, -0.2) is 4.98 Å². The Morgan fingerprint density at radius 2 is 1.97 bits per heavy atom. The van der Waals surface area contributed by atoms with Gasteiger partial charge in [-0.2, -0.15) is 0 Å². The number of hydrogen-bond acceptors (Lipinski definition) is 5. The number of hydrogen-bond donors (Lipinski definition) is 1. The number of halogens is 1. The van der Waals surface area contributed by atoms with E-state index in [-0.39, 0.29) is 5.91 Å². The van der Waals surface area contributed by atoms with Gasteiger partial charge in [0.15, 0.2) is 0 Å². The van der Waals surface area contributed by atoms with E-state index in [4.69, 9.17) is 16.0 Å². The summed E-state index contributed by atoms with van der Waals surface area (Å²) < 4.78 is 5.83. The Hall–Kier alpha value is -1.89. The minimum atomic E-state index is 0.157. The summed E-state index contributed by atoms with van der Waals surface area (Å²) in [5.74, 6) is 2.04. The molecule has 7 heteroatoms.